The van der Waals surface area contributed by atoms with E-state index in [1.165, 1.54) is 38.5 Å². The van der Waals surface area contributed by atoms with Crippen molar-refractivity contribution < 1.29 is 0 Å². The maximum absolute atomic E-state index is 2.45. The second kappa shape index (κ2) is 5.97. The Bertz CT molecular complexity index is 230. The zero-order valence-electron chi connectivity index (χ0n) is 14.0. The van der Waals surface area contributed by atoms with Crippen LogP contribution in [0.4, 0.5) is 0 Å². The highest BCUT2D eigenvalue weighted by atomic mass is 14.4. The van der Waals surface area contributed by atoms with Crippen molar-refractivity contribution in [2.24, 2.45) is 28.6 Å². The van der Waals surface area contributed by atoms with E-state index in [-0.39, 0.29) is 0 Å². The van der Waals surface area contributed by atoms with E-state index < -0.39 is 0 Å². The predicted molar refractivity (Wildman–Crippen MR) is 82.8 cm³/mol. The SMILES string of the molecule is CCCC(C1CCC(C(C)(C)C)CC1)C(C)(C)C. The molecular weight excluding hydrogens is 216 g/mol. The molecule has 0 saturated heterocycles. The summed E-state index contributed by atoms with van der Waals surface area (Å²) in [5.41, 5.74) is 1.02. The molecule has 0 aromatic heterocycles. The first-order valence-electron chi connectivity index (χ1n) is 8.16. The Morgan fingerprint density at radius 2 is 1.39 bits per heavy atom. The molecule has 0 radical (unpaired) electrons. The van der Waals surface area contributed by atoms with Gasteiger partial charge in [0.2, 0.25) is 0 Å². The molecule has 0 heteroatoms. The lowest BCUT2D eigenvalue weighted by atomic mass is 9.62. The average Bonchev–Trinajstić information content (AvgIpc) is 2.23. The molecule has 1 aliphatic rings. The molecule has 0 aromatic rings. The molecule has 18 heavy (non-hydrogen) atoms. The summed E-state index contributed by atoms with van der Waals surface area (Å²) in [5, 5.41) is 0. The summed E-state index contributed by atoms with van der Waals surface area (Å²) in [4.78, 5) is 0. The van der Waals surface area contributed by atoms with E-state index in [1.54, 1.807) is 0 Å². The van der Waals surface area contributed by atoms with Gasteiger partial charge in [0, 0.05) is 0 Å². The summed E-state index contributed by atoms with van der Waals surface area (Å²) < 4.78 is 0. The minimum absolute atomic E-state index is 0.495. The molecule has 1 saturated carbocycles. The van der Waals surface area contributed by atoms with E-state index in [9.17, 15) is 0 Å². The van der Waals surface area contributed by atoms with Crippen LogP contribution < -0.4 is 0 Å². The van der Waals surface area contributed by atoms with Crippen molar-refractivity contribution in [3.05, 3.63) is 0 Å². The highest BCUT2D eigenvalue weighted by molar-refractivity contribution is 4.87. The fourth-order valence-corrected chi connectivity index (χ4v) is 4.07. The van der Waals surface area contributed by atoms with Gasteiger partial charge in [-0.15, -0.1) is 0 Å². The molecular formula is C18H36. The minimum Gasteiger partial charge on any atom is -0.0654 e. The van der Waals surface area contributed by atoms with Gasteiger partial charge in [-0.3, -0.25) is 0 Å². The summed E-state index contributed by atoms with van der Waals surface area (Å²) in [6, 6.07) is 0. The molecule has 1 atom stereocenters. The summed E-state index contributed by atoms with van der Waals surface area (Å²) in [6.07, 6.45) is 8.65. The number of rotatable bonds is 3. The third-order valence-electron chi connectivity index (χ3n) is 5.28. The Morgan fingerprint density at radius 1 is 0.889 bits per heavy atom. The predicted octanol–water partition coefficient (Wildman–Crippen LogP) is 6.30. The fraction of sp³-hybridized carbons (Fsp3) is 1.00. The normalized spacial score (nSPS) is 28.2. The van der Waals surface area contributed by atoms with Crippen LogP contribution >= 0.6 is 0 Å². The van der Waals surface area contributed by atoms with Gasteiger partial charge in [0.1, 0.15) is 0 Å². The van der Waals surface area contributed by atoms with Crippen molar-refractivity contribution in [3.8, 4) is 0 Å². The quantitative estimate of drug-likeness (QED) is 0.553. The molecule has 0 heterocycles. The van der Waals surface area contributed by atoms with Gasteiger partial charge in [-0.05, 0) is 60.7 Å². The Kier molecular flexibility index (Phi) is 5.32. The topological polar surface area (TPSA) is 0 Å². The van der Waals surface area contributed by atoms with E-state index >= 15 is 0 Å². The number of hydrogen-bond acceptors (Lipinski definition) is 0. The van der Waals surface area contributed by atoms with Crippen LogP contribution in [-0.4, -0.2) is 0 Å². The molecule has 0 aromatic carbocycles. The first-order valence-corrected chi connectivity index (χ1v) is 8.16. The van der Waals surface area contributed by atoms with Crippen molar-refractivity contribution in [1.82, 2.24) is 0 Å². The van der Waals surface area contributed by atoms with Gasteiger partial charge in [0.15, 0.2) is 0 Å². The lowest BCUT2D eigenvalue weighted by Gasteiger charge is -2.43. The molecule has 0 nitrogen and oxygen atoms in total. The second-order valence-electron chi connectivity index (χ2n) is 8.74. The van der Waals surface area contributed by atoms with Gasteiger partial charge in [0.05, 0.1) is 0 Å². The molecule has 0 bridgehead atoms. The van der Waals surface area contributed by atoms with E-state index in [0.29, 0.717) is 10.8 Å². The van der Waals surface area contributed by atoms with Gasteiger partial charge in [-0.25, -0.2) is 0 Å². The first kappa shape index (κ1) is 16.1. The van der Waals surface area contributed by atoms with E-state index in [1.807, 2.05) is 0 Å². The molecule has 1 aliphatic carbocycles. The molecule has 0 aliphatic heterocycles. The molecule has 108 valence electrons. The van der Waals surface area contributed by atoms with Crippen molar-refractivity contribution in [2.45, 2.75) is 87.0 Å². The lowest BCUT2D eigenvalue weighted by molar-refractivity contribution is 0.0710. The summed E-state index contributed by atoms with van der Waals surface area (Å²) >= 11 is 0. The third-order valence-corrected chi connectivity index (χ3v) is 5.28. The van der Waals surface area contributed by atoms with Crippen molar-refractivity contribution in [1.29, 1.82) is 0 Å². The summed E-state index contributed by atoms with van der Waals surface area (Å²) in [7, 11) is 0. The maximum atomic E-state index is 2.45. The molecule has 0 spiro atoms. The van der Waals surface area contributed by atoms with Crippen LogP contribution in [-0.2, 0) is 0 Å². The Balaban J connectivity index is 2.60. The monoisotopic (exact) mass is 252 g/mol. The average molecular weight is 252 g/mol. The fourth-order valence-electron chi connectivity index (χ4n) is 4.07. The maximum Gasteiger partial charge on any atom is -0.0337 e. The third kappa shape index (κ3) is 4.28. The van der Waals surface area contributed by atoms with E-state index in [2.05, 4.69) is 48.5 Å². The number of hydrogen-bond donors (Lipinski definition) is 0. The van der Waals surface area contributed by atoms with Gasteiger partial charge >= 0.3 is 0 Å². The first-order chi connectivity index (χ1) is 8.16. The summed E-state index contributed by atoms with van der Waals surface area (Å²) in [6.45, 7) is 17.0. The van der Waals surface area contributed by atoms with Crippen molar-refractivity contribution >= 4 is 0 Å². The highest BCUT2D eigenvalue weighted by Gasteiger charge is 2.36. The van der Waals surface area contributed by atoms with Crippen LogP contribution in [0.15, 0.2) is 0 Å². The lowest BCUT2D eigenvalue weighted by Crippen LogP contribution is -2.33. The van der Waals surface area contributed by atoms with Gasteiger partial charge < -0.3 is 0 Å². The van der Waals surface area contributed by atoms with Gasteiger partial charge in [-0.1, -0.05) is 54.9 Å². The largest absolute Gasteiger partial charge is 0.0654 e. The van der Waals surface area contributed by atoms with Crippen molar-refractivity contribution in [2.75, 3.05) is 0 Å². The minimum atomic E-state index is 0.495. The van der Waals surface area contributed by atoms with Crippen LogP contribution in [0.1, 0.15) is 87.0 Å². The van der Waals surface area contributed by atoms with E-state index in [4.69, 9.17) is 0 Å². The zero-order chi connectivity index (χ0) is 14.0. The Labute approximate surface area is 116 Å². The Morgan fingerprint density at radius 3 is 1.72 bits per heavy atom. The molecule has 1 fully saturated rings. The van der Waals surface area contributed by atoms with Crippen LogP contribution in [0.3, 0.4) is 0 Å². The molecule has 1 unspecified atom stereocenters. The second-order valence-corrected chi connectivity index (χ2v) is 8.74. The Hall–Kier alpha value is 0. The van der Waals surface area contributed by atoms with E-state index in [0.717, 1.165) is 17.8 Å². The highest BCUT2D eigenvalue weighted by Crippen LogP contribution is 2.46. The molecule has 0 amide bonds. The molecule has 0 N–H and O–H groups in total. The van der Waals surface area contributed by atoms with Crippen LogP contribution in [0.5, 0.6) is 0 Å². The van der Waals surface area contributed by atoms with Gasteiger partial charge in [0.25, 0.3) is 0 Å². The van der Waals surface area contributed by atoms with Crippen LogP contribution in [0.25, 0.3) is 0 Å². The zero-order valence-corrected chi connectivity index (χ0v) is 14.0. The van der Waals surface area contributed by atoms with Gasteiger partial charge in [-0.2, -0.15) is 0 Å². The van der Waals surface area contributed by atoms with Crippen molar-refractivity contribution in [3.63, 3.8) is 0 Å². The van der Waals surface area contributed by atoms with Crippen LogP contribution in [0.2, 0.25) is 0 Å². The standard InChI is InChI=1S/C18H36/c1-8-9-16(18(5,6)7)14-10-12-15(13-11-14)17(2,3)4/h14-16H,8-13H2,1-7H3. The van der Waals surface area contributed by atoms with Crippen LogP contribution in [0, 0.1) is 28.6 Å². The summed E-state index contributed by atoms with van der Waals surface area (Å²) in [5.74, 6) is 2.88. The smallest absolute Gasteiger partial charge is 0.0337 e. The molecule has 1 rings (SSSR count).